The standard InChI is InChI=1S/C42H65N7O9S.C42H63N5O10S/c1-9-13-36(52)57-24-49(42(56)37(26(5)10-2)46-40(55)33-14-11-12-19-48(33)8)34(25(3)4)22-35(58-28(7)50)41-45-32(23-59-41)39(54)44-30(20-27(6)38(53)47-43)21-29-15-17-31(51)18-16-29;1-9-13-36(50)56-24-47(41(53)37(26(5)10-2)45-39(52)33-14-11-12-19-46(33)8)34(25(3)4)22-35(57-28(7)48)40-44-32(23-58-40)38(51)43-30(20-27(6)42(54)55)21-29-15-17-31(49)18-16-29/h15-18,23,25-27,30,33-35,37,51H,9-14,19-22,24,43H2,1-8H3,(H,44,54)(H,46,55)(H,47,53);15-18,23,25-27,30,33-35,37,49H,9-14,19-22,24H2,1-8H3,(H,43,51)(H,45,52)(H,54,55)/t2*26?,27-,30+,33+,34+,35+,37-/m00/s1. The van der Waals surface area contributed by atoms with Gasteiger partial charge in [0.1, 0.15) is 45.0 Å². The maximum atomic E-state index is 14.8. The molecule has 4 aromatic rings. The molecule has 10 N–H and O–H groups in total. The fraction of sp³-hybridized carbons (Fsp3) is 0.643. The molecule has 2 aliphatic heterocycles. The fourth-order valence-corrected chi connectivity index (χ4v) is 16.0. The number of ether oxygens (including phenoxy) is 4. The van der Waals surface area contributed by atoms with E-state index in [1.165, 1.54) is 53.3 Å². The summed E-state index contributed by atoms with van der Waals surface area (Å²) in [5.41, 5.74) is 3.84. The minimum Gasteiger partial charge on any atom is -0.508 e. The van der Waals surface area contributed by atoms with E-state index in [1.807, 2.05) is 93.1 Å². The first-order chi connectivity index (χ1) is 55.4. The van der Waals surface area contributed by atoms with Crippen LogP contribution in [0.25, 0.3) is 0 Å². The first kappa shape index (κ1) is 98.4. The second-order valence-electron chi connectivity index (χ2n) is 31.8. The van der Waals surface area contributed by atoms with E-state index in [0.717, 1.165) is 72.6 Å². The Hall–Kier alpha value is -9.18. The molecule has 2 saturated heterocycles. The number of amides is 7. The number of aromatic hydroxyl groups is 2. The van der Waals surface area contributed by atoms with Crippen molar-refractivity contribution in [2.45, 2.75) is 273 Å². The number of carboxylic acid groups (broad SMARTS) is 1. The molecule has 0 bridgehead atoms. The number of carbonyl (C=O) groups excluding carboxylic acids is 11. The number of aliphatic carboxylic acids is 1. The lowest BCUT2D eigenvalue weighted by Gasteiger charge is -2.39. The van der Waals surface area contributed by atoms with Crippen molar-refractivity contribution in [2.75, 3.05) is 40.6 Å². The summed E-state index contributed by atoms with van der Waals surface area (Å²) in [5, 5.41) is 44.7. The van der Waals surface area contributed by atoms with Crippen LogP contribution in [0.4, 0.5) is 0 Å². The Balaban J connectivity index is 0.000000417. The lowest BCUT2D eigenvalue weighted by Crippen LogP contribution is -2.59. The molecule has 2 unspecified atom stereocenters. The summed E-state index contributed by atoms with van der Waals surface area (Å²) >= 11 is 2.21. The van der Waals surface area contributed by atoms with Gasteiger partial charge >= 0.3 is 29.8 Å². The molecule has 0 radical (unpaired) electrons. The third kappa shape index (κ3) is 31.6. The monoisotopic (exact) mass is 1670 g/mol. The van der Waals surface area contributed by atoms with E-state index >= 15 is 0 Å². The van der Waals surface area contributed by atoms with Gasteiger partial charge in [-0.15, -0.1) is 22.7 Å². The van der Waals surface area contributed by atoms with E-state index < -0.39 is 120 Å². The van der Waals surface area contributed by atoms with Crippen LogP contribution in [0.1, 0.15) is 254 Å². The van der Waals surface area contributed by atoms with Crippen LogP contribution in [0.5, 0.6) is 11.5 Å². The number of phenols is 2. The fourth-order valence-electron chi connectivity index (χ4n) is 14.3. The number of nitrogens with zero attached hydrogens (tertiary/aromatic N) is 6. The highest BCUT2D eigenvalue weighted by Gasteiger charge is 2.43. The largest absolute Gasteiger partial charge is 0.508 e. The number of thiazole rings is 2. The lowest BCUT2D eigenvalue weighted by molar-refractivity contribution is -0.162. The Morgan fingerprint density at radius 1 is 0.538 bits per heavy atom. The van der Waals surface area contributed by atoms with Gasteiger partial charge in [-0.3, -0.25) is 72.8 Å². The molecule has 117 heavy (non-hydrogen) atoms. The molecule has 6 rings (SSSR count). The summed E-state index contributed by atoms with van der Waals surface area (Å²) < 4.78 is 23.0. The van der Waals surface area contributed by atoms with Crippen molar-refractivity contribution >= 4 is 93.9 Å². The van der Waals surface area contributed by atoms with Crippen molar-refractivity contribution in [3.8, 4) is 11.5 Å². The molecular formula is C84H128N12O19S2. The van der Waals surface area contributed by atoms with Crippen molar-refractivity contribution in [1.29, 1.82) is 0 Å². The van der Waals surface area contributed by atoms with E-state index in [4.69, 9.17) is 24.8 Å². The third-order valence-corrected chi connectivity index (χ3v) is 23.5. The van der Waals surface area contributed by atoms with Gasteiger partial charge < -0.3 is 65.3 Å². The maximum absolute atomic E-state index is 14.8. The number of likely N-dealkylation sites (tertiary alicyclic amines) is 2. The summed E-state index contributed by atoms with van der Waals surface area (Å²) in [6, 6.07) is 7.89. The summed E-state index contributed by atoms with van der Waals surface area (Å²) in [6.45, 7) is 25.5. The Morgan fingerprint density at radius 2 is 0.906 bits per heavy atom. The zero-order valence-corrected chi connectivity index (χ0v) is 72.7. The molecule has 2 aromatic carbocycles. The van der Waals surface area contributed by atoms with Crippen molar-refractivity contribution in [2.24, 2.45) is 41.4 Å². The highest BCUT2D eigenvalue weighted by molar-refractivity contribution is 7.10. The van der Waals surface area contributed by atoms with Crippen LogP contribution in [-0.2, 0) is 79.7 Å². The average molecular weight is 1670 g/mol. The zero-order valence-electron chi connectivity index (χ0n) is 71.0. The van der Waals surface area contributed by atoms with Gasteiger partial charge in [0.15, 0.2) is 25.7 Å². The van der Waals surface area contributed by atoms with Crippen molar-refractivity contribution in [3.63, 3.8) is 0 Å². The number of carboxylic acids is 1. The Kier molecular flexibility index (Phi) is 41.4. The average Bonchev–Trinajstić information content (AvgIpc) is 1.68. The number of nitrogens with one attached hydrogen (secondary N) is 5. The Morgan fingerprint density at radius 3 is 1.22 bits per heavy atom. The number of nitrogens with two attached hydrogens (primary N) is 1. The van der Waals surface area contributed by atoms with Crippen LogP contribution in [0.15, 0.2) is 59.3 Å². The summed E-state index contributed by atoms with van der Waals surface area (Å²) in [5.74, 6) is -2.78. The number of likely N-dealkylation sites (N-methyl/N-ethyl adjacent to an activating group) is 2. The van der Waals surface area contributed by atoms with Gasteiger partial charge in [0, 0.05) is 80.4 Å². The van der Waals surface area contributed by atoms with E-state index in [2.05, 4.69) is 36.7 Å². The van der Waals surface area contributed by atoms with E-state index in [-0.39, 0.29) is 122 Å². The molecule has 2 fully saturated rings. The number of hydrazine groups is 1. The minimum absolute atomic E-state index is 0.0330. The maximum Gasteiger partial charge on any atom is 0.307 e. The van der Waals surface area contributed by atoms with E-state index in [9.17, 15) is 72.9 Å². The lowest BCUT2D eigenvalue weighted by atomic mass is 9.92. The normalized spacial score (nSPS) is 17.5. The SMILES string of the molecule is CCCC(=O)OCN(C(=O)[C@@H](NC(=O)[C@H]1CCCCN1C)C(C)CC)[C@H](C[C@@H](OC(C)=O)c1nc(C(=O)N[C@@H](Cc2ccc(O)cc2)C[C@H](C)C(=O)NN)cs1)C(C)C.CCCC(=O)OCN(C(=O)[C@@H](NC(=O)[C@H]1CCCCN1C)C(C)CC)[C@H](C[C@@H](OC(C)=O)c1nc(C(=O)N[C@@H](Cc2ccc(O)cc2)C[C@H](C)C(=O)O)cs1)C(C)C. The number of phenolic OH excluding ortho intramolecular Hbond substituents is 2. The van der Waals surface area contributed by atoms with Gasteiger partial charge in [0.2, 0.25) is 29.5 Å². The Bertz CT molecular complexity index is 3880. The highest BCUT2D eigenvalue weighted by atomic mass is 32.1. The van der Waals surface area contributed by atoms with E-state index in [1.54, 1.807) is 43.5 Å². The van der Waals surface area contributed by atoms with Crippen LogP contribution < -0.4 is 32.5 Å². The Labute approximate surface area is 696 Å². The first-order valence-corrected chi connectivity index (χ1v) is 42.8. The number of piperidine rings is 2. The molecule has 2 aromatic heterocycles. The van der Waals surface area contributed by atoms with Crippen molar-refractivity contribution in [1.82, 2.24) is 56.3 Å². The van der Waals surface area contributed by atoms with Gasteiger partial charge in [-0.1, -0.05) is 133 Å². The topological polar surface area (TPSA) is 427 Å². The zero-order chi connectivity index (χ0) is 86.9. The van der Waals surface area contributed by atoms with Gasteiger partial charge in [-0.05, 0) is 150 Å². The number of benzene rings is 2. The molecule has 0 aliphatic carbocycles. The molecule has 33 heteroatoms. The second-order valence-corrected chi connectivity index (χ2v) is 33.5. The highest BCUT2D eigenvalue weighted by Crippen LogP contribution is 2.35. The second kappa shape index (κ2) is 49.3. The van der Waals surface area contributed by atoms with Crippen molar-refractivity contribution < 1.29 is 91.8 Å². The summed E-state index contributed by atoms with van der Waals surface area (Å²) in [7, 11) is 3.80. The number of rotatable bonds is 44. The van der Waals surface area contributed by atoms with Gasteiger partial charge in [-0.2, -0.15) is 0 Å². The number of aromatic nitrogens is 2. The smallest absolute Gasteiger partial charge is 0.307 e. The molecule has 7 amide bonds. The molecule has 0 spiro atoms. The number of hydrogen-bond acceptors (Lipinski definition) is 25. The van der Waals surface area contributed by atoms with Gasteiger partial charge in [0.05, 0.1) is 18.0 Å². The van der Waals surface area contributed by atoms with Gasteiger partial charge in [0.25, 0.3) is 11.8 Å². The minimum atomic E-state index is -1.01. The molecule has 14 atom stereocenters. The van der Waals surface area contributed by atoms with Crippen LogP contribution >= 0.6 is 22.7 Å². The molecular weight excluding hydrogens is 1550 g/mol. The van der Waals surface area contributed by atoms with Crippen LogP contribution in [0.2, 0.25) is 0 Å². The molecule has 650 valence electrons. The van der Waals surface area contributed by atoms with Crippen LogP contribution in [0, 0.1) is 35.5 Å². The predicted molar refractivity (Wildman–Crippen MR) is 442 cm³/mol. The predicted octanol–water partition coefficient (Wildman–Crippen LogP) is 9.83. The first-order valence-electron chi connectivity index (χ1n) is 41.0. The molecule has 31 nitrogen and oxygen atoms in total. The van der Waals surface area contributed by atoms with Crippen LogP contribution in [0.3, 0.4) is 0 Å². The number of carbonyl (C=O) groups is 12. The van der Waals surface area contributed by atoms with E-state index in [0.29, 0.717) is 61.4 Å². The molecule has 0 saturated carbocycles. The number of hydrogen-bond donors (Lipinski definition) is 9. The summed E-state index contributed by atoms with van der Waals surface area (Å²) in [6.07, 6.45) is 6.82. The van der Waals surface area contributed by atoms with Crippen molar-refractivity contribution in [3.05, 3.63) is 91.8 Å². The quantitative estimate of drug-likeness (QED) is 0.00496. The molecule has 2 aliphatic rings. The summed E-state index contributed by atoms with van der Waals surface area (Å²) in [4.78, 5) is 175. The van der Waals surface area contributed by atoms with Gasteiger partial charge in [-0.25, -0.2) is 15.8 Å². The number of esters is 4. The third-order valence-electron chi connectivity index (χ3n) is 21.6. The molecule has 4 heterocycles. The van der Waals surface area contributed by atoms with Crippen LogP contribution in [-0.4, -0.2) is 205 Å².